The first-order chi connectivity index (χ1) is 9.11. The standard InChI is InChI=1S/C16H25NO2/c1-11(2)15-9-10-19-16(12(3)17-15)13-5-7-14(18-4)8-6-13/h5-8,11-12,15-17H,9-10H2,1-4H3. The van der Waals surface area contributed by atoms with E-state index in [0.29, 0.717) is 18.0 Å². The van der Waals surface area contributed by atoms with Gasteiger partial charge in [0.05, 0.1) is 13.2 Å². The Balaban J connectivity index is 2.10. The Kier molecular flexibility index (Phi) is 4.83. The van der Waals surface area contributed by atoms with Crippen molar-refractivity contribution >= 4 is 0 Å². The topological polar surface area (TPSA) is 30.5 Å². The van der Waals surface area contributed by atoms with Crippen LogP contribution in [-0.2, 0) is 4.74 Å². The molecule has 3 nitrogen and oxygen atoms in total. The molecule has 1 fully saturated rings. The van der Waals surface area contributed by atoms with Crippen molar-refractivity contribution < 1.29 is 9.47 Å². The zero-order valence-electron chi connectivity index (χ0n) is 12.3. The van der Waals surface area contributed by atoms with Gasteiger partial charge in [0.2, 0.25) is 0 Å². The third-order valence-corrected chi connectivity index (χ3v) is 3.91. The summed E-state index contributed by atoms with van der Waals surface area (Å²) in [5, 5.41) is 3.70. The molecular formula is C16H25NO2. The predicted octanol–water partition coefficient (Wildman–Crippen LogP) is 3.16. The number of hydrogen-bond donors (Lipinski definition) is 1. The van der Waals surface area contributed by atoms with Crippen molar-refractivity contribution in [2.75, 3.05) is 13.7 Å². The smallest absolute Gasteiger partial charge is 0.118 e. The zero-order valence-corrected chi connectivity index (χ0v) is 12.3. The van der Waals surface area contributed by atoms with Crippen LogP contribution in [0.5, 0.6) is 5.75 Å². The van der Waals surface area contributed by atoms with Gasteiger partial charge in [-0.1, -0.05) is 26.0 Å². The first-order valence-corrected chi connectivity index (χ1v) is 7.13. The number of ether oxygens (including phenoxy) is 2. The highest BCUT2D eigenvalue weighted by Gasteiger charge is 2.27. The molecule has 0 saturated carbocycles. The summed E-state index contributed by atoms with van der Waals surface area (Å²) in [4.78, 5) is 0. The SMILES string of the molecule is COc1ccc(C2OCCC(C(C)C)NC2C)cc1. The maximum absolute atomic E-state index is 6.05. The molecule has 3 atom stereocenters. The van der Waals surface area contributed by atoms with Crippen LogP contribution in [0.3, 0.4) is 0 Å². The van der Waals surface area contributed by atoms with Crippen LogP contribution >= 0.6 is 0 Å². The van der Waals surface area contributed by atoms with Crippen LogP contribution in [0.2, 0.25) is 0 Å². The molecule has 1 aromatic rings. The third-order valence-electron chi connectivity index (χ3n) is 3.91. The molecule has 1 N–H and O–H groups in total. The van der Waals surface area contributed by atoms with E-state index in [1.54, 1.807) is 7.11 Å². The minimum Gasteiger partial charge on any atom is -0.497 e. The van der Waals surface area contributed by atoms with Crippen LogP contribution < -0.4 is 10.1 Å². The molecule has 0 aromatic heterocycles. The van der Waals surface area contributed by atoms with E-state index in [0.717, 1.165) is 18.8 Å². The average Bonchev–Trinajstić information content (AvgIpc) is 2.61. The zero-order chi connectivity index (χ0) is 13.8. The van der Waals surface area contributed by atoms with Gasteiger partial charge in [-0.05, 0) is 37.0 Å². The van der Waals surface area contributed by atoms with Gasteiger partial charge in [0, 0.05) is 18.7 Å². The number of benzene rings is 1. The van der Waals surface area contributed by atoms with Crippen molar-refractivity contribution in [3.05, 3.63) is 29.8 Å². The second-order valence-corrected chi connectivity index (χ2v) is 5.66. The molecule has 2 rings (SSSR count). The summed E-state index contributed by atoms with van der Waals surface area (Å²) in [6, 6.07) is 9.04. The summed E-state index contributed by atoms with van der Waals surface area (Å²) in [6.45, 7) is 7.54. The van der Waals surface area contributed by atoms with Gasteiger partial charge in [-0.2, -0.15) is 0 Å². The van der Waals surface area contributed by atoms with Crippen LogP contribution in [0.25, 0.3) is 0 Å². The summed E-state index contributed by atoms with van der Waals surface area (Å²) >= 11 is 0. The van der Waals surface area contributed by atoms with Crippen molar-refractivity contribution in [2.45, 2.75) is 45.4 Å². The molecule has 106 valence electrons. The summed E-state index contributed by atoms with van der Waals surface area (Å²) in [6.07, 6.45) is 1.20. The first kappa shape index (κ1) is 14.4. The van der Waals surface area contributed by atoms with Crippen LogP contribution in [-0.4, -0.2) is 25.8 Å². The maximum atomic E-state index is 6.05. The molecule has 0 amide bonds. The monoisotopic (exact) mass is 263 g/mol. The molecule has 0 bridgehead atoms. The van der Waals surface area contributed by atoms with Gasteiger partial charge in [-0.3, -0.25) is 0 Å². The van der Waals surface area contributed by atoms with E-state index >= 15 is 0 Å². The van der Waals surface area contributed by atoms with Gasteiger partial charge in [0.25, 0.3) is 0 Å². The molecule has 0 spiro atoms. The van der Waals surface area contributed by atoms with E-state index in [-0.39, 0.29) is 6.10 Å². The van der Waals surface area contributed by atoms with Crippen LogP contribution in [0.15, 0.2) is 24.3 Å². The Labute approximate surface area is 116 Å². The molecule has 0 radical (unpaired) electrons. The van der Waals surface area contributed by atoms with Gasteiger partial charge >= 0.3 is 0 Å². The molecule has 1 heterocycles. The van der Waals surface area contributed by atoms with Gasteiger partial charge in [0.15, 0.2) is 0 Å². The Bertz CT molecular complexity index is 388. The summed E-state index contributed by atoms with van der Waals surface area (Å²) in [7, 11) is 1.69. The van der Waals surface area contributed by atoms with Gasteiger partial charge in [0.1, 0.15) is 5.75 Å². The van der Waals surface area contributed by atoms with E-state index in [4.69, 9.17) is 9.47 Å². The fourth-order valence-corrected chi connectivity index (χ4v) is 2.68. The number of methoxy groups -OCH3 is 1. The van der Waals surface area contributed by atoms with Crippen molar-refractivity contribution in [2.24, 2.45) is 5.92 Å². The Hall–Kier alpha value is -1.06. The molecular weight excluding hydrogens is 238 g/mol. The number of rotatable bonds is 3. The number of nitrogens with one attached hydrogen (secondary N) is 1. The van der Waals surface area contributed by atoms with Crippen LogP contribution in [0.1, 0.15) is 38.9 Å². The quantitative estimate of drug-likeness (QED) is 0.908. The van der Waals surface area contributed by atoms with Gasteiger partial charge in [-0.15, -0.1) is 0 Å². The molecule has 19 heavy (non-hydrogen) atoms. The third kappa shape index (κ3) is 3.48. The summed E-state index contributed by atoms with van der Waals surface area (Å²) < 4.78 is 11.3. The Morgan fingerprint density at radius 3 is 2.53 bits per heavy atom. The lowest BCUT2D eigenvalue weighted by molar-refractivity contribution is 0.0461. The van der Waals surface area contributed by atoms with E-state index < -0.39 is 0 Å². The fraction of sp³-hybridized carbons (Fsp3) is 0.625. The fourth-order valence-electron chi connectivity index (χ4n) is 2.68. The average molecular weight is 263 g/mol. The van der Waals surface area contributed by atoms with E-state index in [9.17, 15) is 0 Å². The second kappa shape index (κ2) is 6.40. The highest BCUT2D eigenvalue weighted by Crippen LogP contribution is 2.27. The van der Waals surface area contributed by atoms with Crippen molar-refractivity contribution in [1.29, 1.82) is 0 Å². The van der Waals surface area contributed by atoms with Gasteiger partial charge in [-0.25, -0.2) is 0 Å². The number of hydrogen-bond acceptors (Lipinski definition) is 3. The predicted molar refractivity (Wildman–Crippen MR) is 77.5 cm³/mol. The van der Waals surface area contributed by atoms with Crippen LogP contribution in [0.4, 0.5) is 0 Å². The molecule has 3 unspecified atom stereocenters. The lowest BCUT2D eigenvalue weighted by atomic mass is 9.99. The highest BCUT2D eigenvalue weighted by atomic mass is 16.5. The summed E-state index contributed by atoms with van der Waals surface area (Å²) in [5.74, 6) is 1.53. The maximum Gasteiger partial charge on any atom is 0.118 e. The van der Waals surface area contributed by atoms with E-state index in [2.05, 4.69) is 38.2 Å². The normalized spacial score (nSPS) is 28.2. The lowest BCUT2D eigenvalue weighted by Gasteiger charge is -2.26. The molecule has 3 heteroatoms. The van der Waals surface area contributed by atoms with E-state index in [1.165, 1.54) is 5.56 Å². The molecule has 1 aromatic carbocycles. The molecule has 1 aliphatic rings. The largest absolute Gasteiger partial charge is 0.497 e. The highest BCUT2D eigenvalue weighted by molar-refractivity contribution is 5.29. The minimum absolute atomic E-state index is 0.120. The minimum atomic E-state index is 0.120. The Morgan fingerprint density at radius 2 is 1.95 bits per heavy atom. The van der Waals surface area contributed by atoms with Crippen molar-refractivity contribution in [1.82, 2.24) is 5.32 Å². The first-order valence-electron chi connectivity index (χ1n) is 7.13. The molecule has 1 aliphatic heterocycles. The van der Waals surface area contributed by atoms with E-state index in [1.807, 2.05) is 12.1 Å². The molecule has 0 aliphatic carbocycles. The molecule has 1 saturated heterocycles. The lowest BCUT2D eigenvalue weighted by Crippen LogP contribution is -2.41. The van der Waals surface area contributed by atoms with Crippen LogP contribution in [0, 0.1) is 5.92 Å². The summed E-state index contributed by atoms with van der Waals surface area (Å²) in [5.41, 5.74) is 1.21. The van der Waals surface area contributed by atoms with Crippen molar-refractivity contribution in [3.8, 4) is 5.75 Å². The van der Waals surface area contributed by atoms with Crippen molar-refractivity contribution in [3.63, 3.8) is 0 Å². The van der Waals surface area contributed by atoms with Gasteiger partial charge < -0.3 is 14.8 Å². The Morgan fingerprint density at radius 1 is 1.26 bits per heavy atom. The second-order valence-electron chi connectivity index (χ2n) is 5.66.